The van der Waals surface area contributed by atoms with Gasteiger partial charge in [-0.15, -0.1) is 0 Å². The molecule has 5 atom stereocenters. The first kappa shape index (κ1) is 30.7. The number of allylic oxidation sites excluding steroid dienone is 4. The maximum absolute atomic E-state index is 12.7. The Morgan fingerprint density at radius 1 is 0.895 bits per heavy atom. The highest BCUT2D eigenvalue weighted by atomic mass is 16.7. The molecule has 0 amide bonds. The molecule has 1 saturated carbocycles. The first-order valence-electron chi connectivity index (χ1n) is 15.0. The Morgan fingerprint density at radius 3 is 2.29 bits per heavy atom. The summed E-state index contributed by atoms with van der Waals surface area (Å²) in [6.07, 6.45) is 22.2. The van der Waals surface area contributed by atoms with Crippen molar-refractivity contribution in [3.8, 4) is 0 Å². The molecule has 1 aliphatic carbocycles. The van der Waals surface area contributed by atoms with Gasteiger partial charge in [-0.05, 0) is 69.6 Å². The van der Waals surface area contributed by atoms with Crippen LogP contribution in [-0.4, -0.2) is 50.1 Å². The highest BCUT2D eigenvalue weighted by Crippen LogP contribution is 2.36. The number of carbonyl (C=O) groups is 1. The van der Waals surface area contributed by atoms with Crippen LogP contribution in [0.1, 0.15) is 103 Å². The van der Waals surface area contributed by atoms with Gasteiger partial charge in [0, 0.05) is 19.3 Å². The van der Waals surface area contributed by atoms with Gasteiger partial charge in [0.2, 0.25) is 5.76 Å². The number of esters is 1. The number of aliphatic hydroxyl groups excluding tert-OH is 1. The zero-order valence-corrected chi connectivity index (χ0v) is 23.6. The van der Waals surface area contributed by atoms with Gasteiger partial charge in [0.1, 0.15) is 0 Å². The van der Waals surface area contributed by atoms with Crippen LogP contribution in [0.5, 0.6) is 0 Å². The van der Waals surface area contributed by atoms with Gasteiger partial charge < -0.3 is 28.8 Å². The molecule has 3 rings (SSSR count). The van der Waals surface area contributed by atoms with Crippen molar-refractivity contribution >= 4 is 5.97 Å². The molecule has 2 heterocycles. The Morgan fingerprint density at radius 2 is 1.63 bits per heavy atom. The van der Waals surface area contributed by atoms with Crippen molar-refractivity contribution in [2.75, 3.05) is 20.3 Å². The van der Waals surface area contributed by atoms with E-state index in [1.165, 1.54) is 32.8 Å². The summed E-state index contributed by atoms with van der Waals surface area (Å²) in [7, 11) is 1.34. The first-order valence-corrected chi connectivity index (χ1v) is 15.0. The van der Waals surface area contributed by atoms with Gasteiger partial charge in [0.15, 0.2) is 18.3 Å². The van der Waals surface area contributed by atoms with E-state index in [1.54, 1.807) is 0 Å². The monoisotopic (exact) mass is 534 g/mol. The number of hydrogen-bond donors (Lipinski definition) is 1. The predicted octanol–water partition coefficient (Wildman–Crippen LogP) is 6.71. The summed E-state index contributed by atoms with van der Waals surface area (Å²) in [6, 6.07) is 0. The molecule has 7 heteroatoms. The fraction of sp³-hybridized carbons (Fsp3) is 0.774. The minimum Gasteiger partial charge on any atom is -0.465 e. The van der Waals surface area contributed by atoms with E-state index in [0.717, 1.165) is 64.2 Å². The van der Waals surface area contributed by atoms with Gasteiger partial charge in [-0.25, -0.2) is 4.79 Å². The third-order valence-electron chi connectivity index (χ3n) is 7.75. The third kappa shape index (κ3) is 10.4. The molecule has 3 fully saturated rings. The lowest BCUT2D eigenvalue weighted by Crippen LogP contribution is -2.27. The molecule has 2 saturated heterocycles. The van der Waals surface area contributed by atoms with Crippen molar-refractivity contribution in [3.63, 3.8) is 0 Å². The summed E-state index contributed by atoms with van der Waals surface area (Å²) in [5.41, 5.74) is 0. The number of aliphatic hydroxyl groups is 1. The fourth-order valence-electron chi connectivity index (χ4n) is 5.46. The second kappa shape index (κ2) is 17.7. The molecule has 0 aromatic heterocycles. The molecule has 216 valence electrons. The van der Waals surface area contributed by atoms with Crippen molar-refractivity contribution in [1.29, 1.82) is 0 Å². The largest absolute Gasteiger partial charge is 0.465 e. The molecule has 2 aliphatic heterocycles. The van der Waals surface area contributed by atoms with Crippen LogP contribution in [0.25, 0.3) is 0 Å². The highest BCUT2D eigenvalue weighted by molar-refractivity contribution is 5.86. The quantitative estimate of drug-likeness (QED) is 0.0822. The van der Waals surface area contributed by atoms with E-state index in [0.29, 0.717) is 31.3 Å². The maximum Gasteiger partial charge on any atom is 0.377 e. The average molecular weight is 535 g/mol. The minimum atomic E-state index is -0.575. The molecule has 2 unspecified atom stereocenters. The molecule has 0 spiro atoms. The summed E-state index contributed by atoms with van der Waals surface area (Å²) < 4.78 is 28.7. The van der Waals surface area contributed by atoms with E-state index in [9.17, 15) is 9.90 Å². The molecular weight excluding hydrogens is 484 g/mol. The Labute approximate surface area is 229 Å². The van der Waals surface area contributed by atoms with Crippen molar-refractivity contribution in [2.24, 2.45) is 11.8 Å². The van der Waals surface area contributed by atoms with Gasteiger partial charge in [-0.1, -0.05) is 50.5 Å². The van der Waals surface area contributed by atoms with Crippen molar-refractivity contribution < 1.29 is 33.6 Å². The zero-order chi connectivity index (χ0) is 27.0. The normalized spacial score (nSPS) is 29.0. The van der Waals surface area contributed by atoms with Crippen LogP contribution in [-0.2, 0) is 28.5 Å². The first-order chi connectivity index (χ1) is 18.6. The van der Waals surface area contributed by atoms with Gasteiger partial charge in [0.25, 0.3) is 0 Å². The average Bonchev–Trinajstić information content (AvgIpc) is 3.30. The smallest absolute Gasteiger partial charge is 0.377 e. The van der Waals surface area contributed by atoms with Crippen LogP contribution in [0, 0.1) is 11.8 Å². The van der Waals surface area contributed by atoms with Crippen LogP contribution in [0.2, 0.25) is 0 Å². The van der Waals surface area contributed by atoms with Crippen LogP contribution in [0.4, 0.5) is 0 Å². The molecule has 3 aliphatic rings. The molecule has 0 radical (unpaired) electrons. The zero-order valence-electron chi connectivity index (χ0n) is 23.6. The molecule has 0 aromatic rings. The van der Waals surface area contributed by atoms with Crippen LogP contribution < -0.4 is 0 Å². The van der Waals surface area contributed by atoms with Crippen LogP contribution >= 0.6 is 0 Å². The van der Waals surface area contributed by atoms with E-state index in [-0.39, 0.29) is 17.8 Å². The van der Waals surface area contributed by atoms with Gasteiger partial charge >= 0.3 is 5.97 Å². The predicted molar refractivity (Wildman–Crippen MR) is 147 cm³/mol. The summed E-state index contributed by atoms with van der Waals surface area (Å²) in [4.78, 5) is 12.7. The van der Waals surface area contributed by atoms with Crippen LogP contribution in [0.3, 0.4) is 0 Å². The lowest BCUT2D eigenvalue weighted by Gasteiger charge is -2.28. The van der Waals surface area contributed by atoms with E-state index < -0.39 is 18.5 Å². The number of ether oxygens (including phenoxy) is 5. The lowest BCUT2D eigenvalue weighted by atomic mass is 9.90. The number of unbranched alkanes of at least 4 members (excludes halogenated alkanes) is 4. The minimum absolute atomic E-state index is 0.0583. The fourth-order valence-corrected chi connectivity index (χ4v) is 5.46. The highest BCUT2D eigenvalue weighted by Gasteiger charge is 2.32. The molecule has 7 nitrogen and oxygen atoms in total. The second-order valence-corrected chi connectivity index (χ2v) is 10.7. The van der Waals surface area contributed by atoms with Gasteiger partial charge in [-0.3, -0.25) is 0 Å². The standard InChI is InChI=1S/C31H50O7/c1-3-4-5-6-7-8-15-24-20-21-26(32)25(24)16-9-10-17-27(37-28-18-11-13-22-35-28)30(31(33)34-2)38-29-19-12-14-23-36-29/h8-10,15,24-26,28-29,32H,3-7,11-14,16-23H2,1-2H3/b10-9-,15-8+,30-27+/t24-,25+,26-,28?,29?/m0/s1. The number of methoxy groups -OCH3 is 1. The lowest BCUT2D eigenvalue weighted by molar-refractivity contribution is -0.171. The third-order valence-corrected chi connectivity index (χ3v) is 7.75. The van der Waals surface area contributed by atoms with Crippen molar-refractivity contribution in [2.45, 2.75) is 122 Å². The van der Waals surface area contributed by atoms with Crippen LogP contribution in [0.15, 0.2) is 35.8 Å². The Hall–Kier alpha value is -1.83. The Balaban J connectivity index is 1.64. The summed E-state index contributed by atoms with van der Waals surface area (Å²) in [5.74, 6) is 0.502. The van der Waals surface area contributed by atoms with E-state index >= 15 is 0 Å². The molecule has 1 N–H and O–H groups in total. The molecular formula is C31H50O7. The number of rotatable bonds is 15. The second-order valence-electron chi connectivity index (χ2n) is 10.7. The van der Waals surface area contributed by atoms with Crippen molar-refractivity contribution in [3.05, 3.63) is 35.8 Å². The number of carbonyl (C=O) groups excluding carboxylic acids is 1. The summed E-state index contributed by atoms with van der Waals surface area (Å²) >= 11 is 0. The molecule has 38 heavy (non-hydrogen) atoms. The summed E-state index contributed by atoms with van der Waals surface area (Å²) in [6.45, 7) is 3.48. The topological polar surface area (TPSA) is 83.5 Å². The van der Waals surface area contributed by atoms with Crippen molar-refractivity contribution in [1.82, 2.24) is 0 Å². The van der Waals surface area contributed by atoms with Gasteiger partial charge in [0.05, 0.1) is 26.4 Å². The SMILES string of the molecule is CCCCCC/C=C/[C@H]1CC[C@H](O)[C@@H]1C/C=C\C/C(OC1CCCCO1)=C(\OC1CCCCO1)C(=O)OC. The van der Waals surface area contributed by atoms with E-state index in [4.69, 9.17) is 23.7 Å². The van der Waals surface area contributed by atoms with E-state index in [2.05, 4.69) is 25.2 Å². The Bertz CT molecular complexity index is 762. The number of hydrogen-bond acceptors (Lipinski definition) is 7. The summed E-state index contributed by atoms with van der Waals surface area (Å²) in [5, 5.41) is 10.6. The van der Waals surface area contributed by atoms with E-state index in [1.807, 2.05) is 6.08 Å². The molecule has 0 bridgehead atoms. The maximum atomic E-state index is 12.7. The Kier molecular flexibility index (Phi) is 14.3. The molecule has 0 aromatic carbocycles. The van der Waals surface area contributed by atoms with Gasteiger partial charge in [-0.2, -0.15) is 0 Å².